The predicted octanol–water partition coefficient (Wildman–Crippen LogP) is 15.4. The molecule has 0 aliphatic heterocycles. The number of fused-ring (bicyclic) bond motifs is 3. The Morgan fingerprint density at radius 3 is 1.84 bits per heavy atom. The maximum atomic E-state index is 4.20. The van der Waals surface area contributed by atoms with Crippen LogP contribution in [0.25, 0.3) is 54.9 Å². The van der Waals surface area contributed by atoms with Crippen molar-refractivity contribution in [3.63, 3.8) is 0 Å². The smallest absolute Gasteiger partial charge is 0.0462 e. The van der Waals surface area contributed by atoms with Crippen molar-refractivity contribution in [1.29, 1.82) is 0 Å². The Balaban J connectivity index is 1.14. The molecule has 272 valence electrons. The van der Waals surface area contributed by atoms with Crippen LogP contribution >= 0.6 is 0 Å². The zero-order valence-electron chi connectivity index (χ0n) is 31.9. The van der Waals surface area contributed by atoms with E-state index in [1.165, 1.54) is 66.1 Å². The van der Waals surface area contributed by atoms with Crippen LogP contribution < -0.4 is 4.90 Å². The molecule has 9 rings (SSSR count). The molecule has 0 saturated heterocycles. The average molecular weight is 730 g/mol. The monoisotopic (exact) mass is 729 g/mol. The average Bonchev–Trinajstić information content (AvgIpc) is 3.30. The Morgan fingerprint density at radius 1 is 0.526 bits per heavy atom. The van der Waals surface area contributed by atoms with Crippen molar-refractivity contribution in [3.05, 3.63) is 254 Å². The molecule has 0 fully saturated rings. The van der Waals surface area contributed by atoms with Crippen LogP contribution in [0.3, 0.4) is 0 Å². The quantitative estimate of drug-likeness (QED) is 0.100. The third-order valence-corrected chi connectivity index (χ3v) is 11.1. The van der Waals surface area contributed by atoms with Crippen LogP contribution in [0.2, 0.25) is 0 Å². The van der Waals surface area contributed by atoms with E-state index in [9.17, 15) is 0 Å². The Morgan fingerprint density at radius 2 is 1.14 bits per heavy atom. The summed E-state index contributed by atoms with van der Waals surface area (Å²) in [4.78, 5) is 2.29. The van der Waals surface area contributed by atoms with Gasteiger partial charge in [0.25, 0.3) is 0 Å². The highest BCUT2D eigenvalue weighted by atomic mass is 15.1. The van der Waals surface area contributed by atoms with Gasteiger partial charge in [-0.15, -0.1) is 0 Å². The molecule has 0 saturated carbocycles. The highest BCUT2D eigenvalue weighted by Crippen LogP contribution is 2.42. The standard InChI is InChI=1S/C56H43N/c1-2-41(44-28-30-45(31-29-44)42-17-6-3-7-18-42)24-16-38-57(49-34-32-46(33-35-49)43-19-8-4-9-20-43)50-36-37-54(55(40-50)47-21-10-5-11-22-47)56-39-48-23-12-13-25-51(48)52-26-14-15-27-53(52)56/h2-30,32-40,45H,1,31H2/b38-16+,41-24+. The summed E-state index contributed by atoms with van der Waals surface area (Å²) < 4.78 is 0. The van der Waals surface area contributed by atoms with E-state index < -0.39 is 0 Å². The molecule has 0 amide bonds. The third kappa shape index (κ3) is 7.44. The van der Waals surface area contributed by atoms with Crippen LogP contribution in [-0.2, 0) is 0 Å². The first-order valence-corrected chi connectivity index (χ1v) is 19.7. The topological polar surface area (TPSA) is 3.24 Å². The van der Waals surface area contributed by atoms with Crippen molar-refractivity contribution in [2.75, 3.05) is 4.90 Å². The van der Waals surface area contributed by atoms with E-state index in [1.54, 1.807) is 0 Å². The number of anilines is 2. The molecule has 8 aromatic carbocycles. The lowest BCUT2D eigenvalue weighted by Gasteiger charge is -2.24. The van der Waals surface area contributed by atoms with Gasteiger partial charge in [0.15, 0.2) is 0 Å². The summed E-state index contributed by atoms with van der Waals surface area (Å²) in [5.74, 6) is 0.389. The fourth-order valence-electron chi connectivity index (χ4n) is 8.11. The minimum absolute atomic E-state index is 0.389. The van der Waals surface area contributed by atoms with Crippen LogP contribution in [-0.4, -0.2) is 0 Å². The molecule has 1 aliphatic carbocycles. The Labute approximate surface area is 336 Å². The van der Waals surface area contributed by atoms with Crippen molar-refractivity contribution in [2.24, 2.45) is 0 Å². The van der Waals surface area contributed by atoms with Gasteiger partial charge in [-0.2, -0.15) is 0 Å². The lowest BCUT2D eigenvalue weighted by atomic mass is 9.88. The summed E-state index contributed by atoms with van der Waals surface area (Å²) in [6.45, 7) is 4.20. The second-order valence-electron chi connectivity index (χ2n) is 14.5. The maximum Gasteiger partial charge on any atom is 0.0462 e. The van der Waals surface area contributed by atoms with Gasteiger partial charge in [0.2, 0.25) is 0 Å². The molecular weight excluding hydrogens is 687 g/mol. The molecule has 0 heterocycles. The first-order valence-electron chi connectivity index (χ1n) is 19.7. The SMILES string of the molecule is C=C/C(=C\C=C\N(c1ccc(-c2ccccc2)cc1)c1ccc(-c2cc3ccccc3c3ccccc23)c(-c2ccccc2)c1)C1=CCC(c2ccccc2)C=C1. The molecule has 0 bridgehead atoms. The molecule has 1 aliphatic rings. The molecule has 57 heavy (non-hydrogen) atoms. The second-order valence-corrected chi connectivity index (χ2v) is 14.5. The molecule has 1 unspecified atom stereocenters. The molecule has 0 aromatic heterocycles. The fraction of sp³-hybridized carbons (Fsp3) is 0.0357. The number of allylic oxidation sites excluding steroid dienone is 8. The van der Waals surface area contributed by atoms with Crippen molar-refractivity contribution < 1.29 is 0 Å². The van der Waals surface area contributed by atoms with E-state index in [4.69, 9.17) is 0 Å². The lowest BCUT2D eigenvalue weighted by Crippen LogP contribution is -2.08. The maximum absolute atomic E-state index is 4.20. The molecule has 0 spiro atoms. The van der Waals surface area contributed by atoms with Gasteiger partial charge in [0.1, 0.15) is 0 Å². The van der Waals surface area contributed by atoms with E-state index in [-0.39, 0.29) is 0 Å². The van der Waals surface area contributed by atoms with Gasteiger partial charge < -0.3 is 4.90 Å². The first kappa shape index (κ1) is 35.5. The third-order valence-electron chi connectivity index (χ3n) is 11.1. The van der Waals surface area contributed by atoms with Gasteiger partial charge >= 0.3 is 0 Å². The Kier molecular flexibility index (Phi) is 10.1. The summed E-state index contributed by atoms with van der Waals surface area (Å²) in [6.07, 6.45) is 16.3. The van der Waals surface area contributed by atoms with Crippen molar-refractivity contribution in [1.82, 2.24) is 0 Å². The number of hydrogen-bond donors (Lipinski definition) is 0. The van der Waals surface area contributed by atoms with Gasteiger partial charge in [-0.3, -0.25) is 0 Å². The van der Waals surface area contributed by atoms with Gasteiger partial charge in [0.05, 0.1) is 0 Å². The summed E-state index contributed by atoms with van der Waals surface area (Å²) >= 11 is 0. The second kappa shape index (κ2) is 16.3. The number of nitrogens with zero attached hydrogens (tertiary/aromatic N) is 1. The fourth-order valence-corrected chi connectivity index (χ4v) is 8.11. The number of rotatable bonds is 10. The highest BCUT2D eigenvalue weighted by molar-refractivity contribution is 6.15. The van der Waals surface area contributed by atoms with Crippen LogP contribution in [0.1, 0.15) is 17.9 Å². The van der Waals surface area contributed by atoms with Crippen molar-refractivity contribution in [2.45, 2.75) is 12.3 Å². The normalized spacial score (nSPS) is 14.2. The van der Waals surface area contributed by atoms with E-state index in [0.29, 0.717) is 5.92 Å². The van der Waals surface area contributed by atoms with Crippen LogP contribution in [0.5, 0.6) is 0 Å². The van der Waals surface area contributed by atoms with Crippen LogP contribution in [0.4, 0.5) is 11.4 Å². The largest absolute Gasteiger partial charge is 0.317 e. The van der Waals surface area contributed by atoms with E-state index in [1.807, 2.05) is 6.08 Å². The molecule has 0 N–H and O–H groups in total. The molecule has 1 nitrogen and oxygen atoms in total. The van der Waals surface area contributed by atoms with E-state index in [0.717, 1.165) is 23.4 Å². The summed E-state index contributed by atoms with van der Waals surface area (Å²) in [5, 5.41) is 5.02. The zero-order valence-corrected chi connectivity index (χ0v) is 31.9. The Bertz CT molecular complexity index is 2800. The minimum atomic E-state index is 0.389. The molecule has 0 radical (unpaired) electrons. The predicted molar refractivity (Wildman–Crippen MR) is 245 cm³/mol. The number of benzene rings is 8. The van der Waals surface area contributed by atoms with Gasteiger partial charge in [-0.05, 0) is 114 Å². The first-order chi connectivity index (χ1) is 28.2. The highest BCUT2D eigenvalue weighted by Gasteiger charge is 2.17. The summed E-state index contributed by atoms with van der Waals surface area (Å²) in [6, 6.07) is 67.7. The van der Waals surface area contributed by atoms with Crippen molar-refractivity contribution in [3.8, 4) is 33.4 Å². The summed E-state index contributed by atoms with van der Waals surface area (Å²) in [5.41, 5.74) is 12.9. The number of hydrogen-bond acceptors (Lipinski definition) is 1. The van der Waals surface area contributed by atoms with Gasteiger partial charge in [0, 0.05) is 23.5 Å². The zero-order chi connectivity index (χ0) is 38.4. The molecule has 1 heteroatoms. The van der Waals surface area contributed by atoms with Gasteiger partial charge in [-0.1, -0.05) is 195 Å². The Hall–Kier alpha value is -7.22. The van der Waals surface area contributed by atoms with E-state index in [2.05, 4.69) is 236 Å². The molecule has 1 atom stereocenters. The summed E-state index contributed by atoms with van der Waals surface area (Å²) in [7, 11) is 0. The molecular formula is C56H43N. The van der Waals surface area contributed by atoms with E-state index >= 15 is 0 Å². The molecule has 8 aromatic rings. The van der Waals surface area contributed by atoms with Crippen LogP contribution in [0.15, 0.2) is 248 Å². The van der Waals surface area contributed by atoms with Gasteiger partial charge in [-0.25, -0.2) is 0 Å². The van der Waals surface area contributed by atoms with Crippen molar-refractivity contribution >= 4 is 32.9 Å². The van der Waals surface area contributed by atoms with Crippen LogP contribution in [0, 0.1) is 0 Å². The minimum Gasteiger partial charge on any atom is -0.317 e. The lowest BCUT2D eigenvalue weighted by molar-refractivity contribution is 0.847.